The van der Waals surface area contributed by atoms with Crippen molar-refractivity contribution in [2.45, 2.75) is 19.5 Å². The van der Waals surface area contributed by atoms with Gasteiger partial charge in [-0.2, -0.15) is 0 Å². The lowest BCUT2D eigenvalue weighted by Crippen LogP contribution is -2.53. The van der Waals surface area contributed by atoms with Crippen molar-refractivity contribution in [1.82, 2.24) is 10.4 Å². The average molecular weight is 449 g/mol. The van der Waals surface area contributed by atoms with Crippen molar-refractivity contribution in [3.8, 4) is 0 Å². The van der Waals surface area contributed by atoms with E-state index < -0.39 is 0 Å². The van der Waals surface area contributed by atoms with Crippen LogP contribution in [0.5, 0.6) is 0 Å². The zero-order valence-electron chi connectivity index (χ0n) is 18.8. The number of hydrogen-bond acceptors (Lipinski definition) is 5. The third kappa shape index (κ3) is 4.01. The van der Waals surface area contributed by atoms with Gasteiger partial charge in [-0.25, -0.2) is 10.0 Å². The van der Waals surface area contributed by atoms with Crippen molar-refractivity contribution in [3.05, 3.63) is 114 Å². The van der Waals surface area contributed by atoms with Crippen LogP contribution in [0.2, 0.25) is 0 Å². The number of para-hydroxylation sites is 1. The number of hydrazone groups is 1. The second-order valence-corrected chi connectivity index (χ2v) is 8.06. The van der Waals surface area contributed by atoms with Gasteiger partial charge in [-0.1, -0.05) is 79.7 Å². The molecule has 0 saturated carbocycles. The van der Waals surface area contributed by atoms with Crippen molar-refractivity contribution < 1.29 is 9.59 Å². The summed E-state index contributed by atoms with van der Waals surface area (Å²) in [7, 11) is 0. The second-order valence-electron chi connectivity index (χ2n) is 8.06. The number of nitrogens with zero attached hydrogens (tertiary/aromatic N) is 3. The summed E-state index contributed by atoms with van der Waals surface area (Å²) in [5.41, 5.74) is 4.80. The van der Waals surface area contributed by atoms with Gasteiger partial charge >= 0.3 is 0 Å². The van der Waals surface area contributed by atoms with E-state index in [2.05, 4.69) is 5.43 Å². The van der Waals surface area contributed by atoms with Crippen LogP contribution in [0.4, 0.5) is 5.69 Å². The molecule has 0 bridgehead atoms. The molecule has 0 aliphatic carbocycles. The van der Waals surface area contributed by atoms with Crippen LogP contribution in [0.15, 0.2) is 108 Å². The van der Waals surface area contributed by atoms with Crippen LogP contribution in [-0.2, 0) is 0 Å². The van der Waals surface area contributed by atoms with E-state index in [0.29, 0.717) is 17.5 Å². The van der Waals surface area contributed by atoms with Gasteiger partial charge in [0.05, 0.1) is 5.69 Å². The number of amides is 1. The SMILES string of the molecule is CCC1N(NC(=O)c2ccccc2)C(C(=O)c2ccc3ccccc3c2)=NN1c1ccccc1. The summed E-state index contributed by atoms with van der Waals surface area (Å²) in [6.45, 7) is 2.00. The molecule has 6 nitrogen and oxygen atoms in total. The maximum Gasteiger partial charge on any atom is 0.269 e. The first kappa shape index (κ1) is 21.4. The molecule has 168 valence electrons. The quantitative estimate of drug-likeness (QED) is 0.410. The molecule has 1 N–H and O–H groups in total. The molecule has 4 aromatic rings. The predicted molar refractivity (Wildman–Crippen MR) is 134 cm³/mol. The van der Waals surface area contributed by atoms with Gasteiger partial charge in [0.15, 0.2) is 0 Å². The first-order chi connectivity index (χ1) is 16.7. The number of Topliss-reactive ketones (excluding diaryl/α,β-unsaturated/α-hetero) is 1. The molecule has 1 aliphatic heterocycles. The monoisotopic (exact) mass is 448 g/mol. The molecule has 6 heteroatoms. The van der Waals surface area contributed by atoms with Gasteiger partial charge in [0.25, 0.3) is 5.91 Å². The molecule has 0 saturated heterocycles. The molecule has 34 heavy (non-hydrogen) atoms. The third-order valence-electron chi connectivity index (χ3n) is 5.87. The first-order valence-corrected chi connectivity index (χ1v) is 11.3. The van der Waals surface area contributed by atoms with Crippen molar-refractivity contribution in [3.63, 3.8) is 0 Å². The fraction of sp³-hybridized carbons (Fsp3) is 0.107. The summed E-state index contributed by atoms with van der Waals surface area (Å²) in [5, 5.41) is 10.1. The normalized spacial score (nSPS) is 15.3. The Bertz CT molecular complexity index is 1370. The summed E-state index contributed by atoms with van der Waals surface area (Å²) in [6.07, 6.45) is 0.275. The third-order valence-corrected chi connectivity index (χ3v) is 5.87. The van der Waals surface area contributed by atoms with Crippen molar-refractivity contribution >= 4 is 34.0 Å². The highest BCUT2D eigenvalue weighted by Gasteiger charge is 2.39. The fourth-order valence-electron chi connectivity index (χ4n) is 4.14. The highest BCUT2D eigenvalue weighted by atomic mass is 16.2. The molecule has 1 unspecified atom stereocenters. The highest BCUT2D eigenvalue weighted by Crippen LogP contribution is 2.27. The molecule has 1 heterocycles. The van der Waals surface area contributed by atoms with Gasteiger partial charge in [-0.05, 0) is 47.5 Å². The Morgan fingerprint density at radius 3 is 2.15 bits per heavy atom. The van der Waals surface area contributed by atoms with Gasteiger partial charge < -0.3 is 0 Å². The van der Waals surface area contributed by atoms with E-state index >= 15 is 0 Å². The predicted octanol–water partition coefficient (Wildman–Crippen LogP) is 5.24. The van der Waals surface area contributed by atoms with E-state index in [0.717, 1.165) is 16.5 Å². The number of nitrogens with one attached hydrogen (secondary N) is 1. The Labute approximate surface area is 198 Å². The highest BCUT2D eigenvalue weighted by molar-refractivity contribution is 6.46. The van der Waals surface area contributed by atoms with E-state index in [-0.39, 0.29) is 23.7 Å². The summed E-state index contributed by atoms with van der Waals surface area (Å²) in [4.78, 5) is 26.8. The molecule has 4 aromatic carbocycles. The molecular formula is C28H24N4O2. The number of carbonyl (C=O) groups excluding carboxylic acids is 2. The molecule has 0 aromatic heterocycles. The number of benzene rings is 4. The topological polar surface area (TPSA) is 65.0 Å². The van der Waals surface area contributed by atoms with Crippen LogP contribution in [0.3, 0.4) is 0 Å². The Hall–Kier alpha value is -4.45. The van der Waals surface area contributed by atoms with Crippen LogP contribution in [0.1, 0.15) is 34.1 Å². The molecule has 1 aliphatic rings. The largest absolute Gasteiger partial charge is 0.285 e. The zero-order chi connectivity index (χ0) is 23.5. The lowest BCUT2D eigenvalue weighted by molar-refractivity contribution is 0.0832. The average Bonchev–Trinajstić information content (AvgIpc) is 3.27. The summed E-state index contributed by atoms with van der Waals surface area (Å²) in [6, 6.07) is 32.1. The van der Waals surface area contributed by atoms with Crippen LogP contribution >= 0.6 is 0 Å². The zero-order valence-corrected chi connectivity index (χ0v) is 18.8. The summed E-state index contributed by atoms with van der Waals surface area (Å²) in [5.74, 6) is -0.376. The Morgan fingerprint density at radius 2 is 1.44 bits per heavy atom. The number of rotatable bonds is 6. The summed E-state index contributed by atoms with van der Waals surface area (Å²) < 4.78 is 0. The molecular weight excluding hydrogens is 424 g/mol. The van der Waals surface area contributed by atoms with Gasteiger partial charge in [0, 0.05) is 11.1 Å². The minimum atomic E-state index is -0.352. The number of anilines is 1. The second kappa shape index (κ2) is 9.19. The van der Waals surface area contributed by atoms with E-state index in [4.69, 9.17) is 5.10 Å². The van der Waals surface area contributed by atoms with E-state index in [1.165, 1.54) is 0 Å². The fourth-order valence-corrected chi connectivity index (χ4v) is 4.14. The molecule has 1 amide bonds. The molecule has 1 atom stereocenters. The Balaban J connectivity index is 1.54. The lowest BCUT2D eigenvalue weighted by atomic mass is 10.0. The Kier molecular flexibility index (Phi) is 5.79. The van der Waals surface area contributed by atoms with Crippen LogP contribution < -0.4 is 10.4 Å². The number of hydrogen-bond donors (Lipinski definition) is 1. The van der Waals surface area contributed by atoms with Gasteiger partial charge in [0.2, 0.25) is 11.6 Å². The number of fused-ring (bicyclic) bond motifs is 1. The summed E-state index contributed by atoms with van der Waals surface area (Å²) >= 11 is 0. The van der Waals surface area contributed by atoms with Crippen molar-refractivity contribution in [1.29, 1.82) is 0 Å². The van der Waals surface area contributed by atoms with Crippen molar-refractivity contribution in [2.24, 2.45) is 5.10 Å². The van der Waals surface area contributed by atoms with Crippen LogP contribution in [0.25, 0.3) is 10.8 Å². The number of amidine groups is 1. The lowest BCUT2D eigenvalue weighted by Gasteiger charge is -2.30. The Morgan fingerprint density at radius 1 is 0.794 bits per heavy atom. The molecule has 0 fully saturated rings. The van der Waals surface area contributed by atoms with E-state index in [1.807, 2.05) is 91.9 Å². The minimum Gasteiger partial charge on any atom is -0.285 e. The molecule has 0 spiro atoms. The minimum absolute atomic E-state index is 0.176. The molecule has 5 rings (SSSR count). The maximum absolute atomic E-state index is 13.7. The van der Waals surface area contributed by atoms with E-state index in [9.17, 15) is 9.59 Å². The van der Waals surface area contributed by atoms with Crippen LogP contribution in [-0.4, -0.2) is 28.7 Å². The van der Waals surface area contributed by atoms with E-state index in [1.54, 1.807) is 28.2 Å². The van der Waals surface area contributed by atoms with Gasteiger partial charge in [-0.15, -0.1) is 5.10 Å². The van der Waals surface area contributed by atoms with Crippen molar-refractivity contribution in [2.75, 3.05) is 5.01 Å². The molecule has 0 radical (unpaired) electrons. The number of carbonyl (C=O) groups is 2. The standard InChI is InChI=1S/C28H24N4O2/c1-2-25-31(24-15-7-4-8-16-24)29-27(32(25)30-28(34)21-12-5-3-6-13-21)26(33)23-18-17-20-11-9-10-14-22(20)19-23/h3-19,25H,2H2,1H3,(H,30,34). The smallest absolute Gasteiger partial charge is 0.269 e. The van der Waals surface area contributed by atoms with Crippen LogP contribution in [0, 0.1) is 0 Å². The number of ketones is 1. The maximum atomic E-state index is 13.7. The number of hydrazine groups is 1. The van der Waals surface area contributed by atoms with Gasteiger partial charge in [0.1, 0.15) is 6.17 Å². The van der Waals surface area contributed by atoms with Gasteiger partial charge in [-0.3, -0.25) is 15.0 Å². The first-order valence-electron chi connectivity index (χ1n) is 11.3.